The van der Waals surface area contributed by atoms with Gasteiger partial charge in [-0.1, -0.05) is 0 Å². The van der Waals surface area contributed by atoms with Crippen molar-refractivity contribution in [3.63, 3.8) is 0 Å². The second-order valence-corrected chi connectivity index (χ2v) is 6.00. The van der Waals surface area contributed by atoms with Crippen LogP contribution in [0.25, 0.3) is 0 Å². The van der Waals surface area contributed by atoms with Gasteiger partial charge in [-0.15, -0.1) is 0 Å². The molecule has 3 heterocycles. The van der Waals surface area contributed by atoms with Crippen LogP contribution in [0, 0.1) is 0 Å². The standard InChI is InChI=1S/C12H20O6/c1-10(2)15-6-12(18-10)9-8(7(13)5-14-12)16-11(3,4)17-9/h7-9,13H,5-6H2,1-4H3/t7-,8-,9-,12+/m1/s1. The summed E-state index contributed by atoms with van der Waals surface area (Å²) in [6.45, 7) is 7.70. The van der Waals surface area contributed by atoms with Crippen molar-refractivity contribution in [2.45, 2.75) is 63.4 Å². The third kappa shape index (κ3) is 1.88. The molecule has 0 aromatic carbocycles. The fourth-order valence-corrected chi connectivity index (χ4v) is 2.77. The zero-order chi connectivity index (χ0) is 13.2. The SMILES string of the molecule is CC1(C)O[C@@H]2[C@H](O)CO[C@]3(COC(C)(C)O3)[C@@H]2O1. The van der Waals surface area contributed by atoms with Gasteiger partial charge in [0.2, 0.25) is 5.79 Å². The van der Waals surface area contributed by atoms with E-state index in [9.17, 15) is 5.11 Å². The van der Waals surface area contributed by atoms with E-state index in [1.165, 1.54) is 0 Å². The Bertz CT molecular complexity index is 354. The monoisotopic (exact) mass is 260 g/mol. The summed E-state index contributed by atoms with van der Waals surface area (Å²) in [7, 11) is 0. The first kappa shape index (κ1) is 12.8. The Hall–Kier alpha value is -0.240. The molecule has 6 heteroatoms. The number of hydrogen-bond acceptors (Lipinski definition) is 6. The maximum absolute atomic E-state index is 9.96. The lowest BCUT2D eigenvalue weighted by Gasteiger charge is -2.41. The van der Waals surface area contributed by atoms with E-state index in [0.29, 0.717) is 0 Å². The van der Waals surface area contributed by atoms with E-state index in [-0.39, 0.29) is 13.2 Å². The van der Waals surface area contributed by atoms with Crippen LogP contribution in [-0.4, -0.2) is 54.0 Å². The summed E-state index contributed by atoms with van der Waals surface area (Å²) in [5, 5.41) is 9.96. The summed E-state index contributed by atoms with van der Waals surface area (Å²) < 4.78 is 28.7. The highest BCUT2D eigenvalue weighted by Gasteiger charge is 2.64. The predicted molar refractivity (Wildman–Crippen MR) is 59.6 cm³/mol. The number of rotatable bonds is 0. The topological polar surface area (TPSA) is 66.4 Å². The fraction of sp³-hybridized carbons (Fsp3) is 1.00. The third-order valence-corrected chi connectivity index (χ3v) is 3.48. The normalized spacial score (nSPS) is 49.5. The molecule has 1 N–H and O–H groups in total. The van der Waals surface area contributed by atoms with E-state index in [0.717, 1.165) is 0 Å². The van der Waals surface area contributed by atoms with E-state index in [4.69, 9.17) is 23.7 Å². The molecular weight excluding hydrogens is 240 g/mol. The summed E-state index contributed by atoms with van der Waals surface area (Å²) in [5.74, 6) is -2.46. The van der Waals surface area contributed by atoms with Crippen LogP contribution in [-0.2, 0) is 23.7 Å². The van der Waals surface area contributed by atoms with Gasteiger partial charge in [-0.2, -0.15) is 0 Å². The first-order chi connectivity index (χ1) is 8.23. The fourth-order valence-electron chi connectivity index (χ4n) is 2.77. The van der Waals surface area contributed by atoms with Gasteiger partial charge in [0.05, 0.1) is 6.61 Å². The summed E-state index contributed by atoms with van der Waals surface area (Å²) in [5.41, 5.74) is 0. The van der Waals surface area contributed by atoms with Gasteiger partial charge in [0.25, 0.3) is 0 Å². The van der Waals surface area contributed by atoms with Crippen LogP contribution in [0.1, 0.15) is 27.7 Å². The maximum atomic E-state index is 9.96. The molecule has 0 radical (unpaired) electrons. The van der Waals surface area contributed by atoms with E-state index in [1.807, 2.05) is 27.7 Å². The highest BCUT2D eigenvalue weighted by atomic mass is 16.9. The molecule has 3 saturated heterocycles. The van der Waals surface area contributed by atoms with Gasteiger partial charge in [-0.05, 0) is 27.7 Å². The minimum absolute atomic E-state index is 0.153. The van der Waals surface area contributed by atoms with Crippen LogP contribution in [0.3, 0.4) is 0 Å². The predicted octanol–water partition coefficient (Wildman–Crippen LogP) is 0.377. The molecule has 3 aliphatic heterocycles. The Morgan fingerprint density at radius 1 is 1.00 bits per heavy atom. The highest BCUT2D eigenvalue weighted by molar-refractivity contribution is 5.02. The lowest BCUT2D eigenvalue weighted by atomic mass is 9.97. The lowest BCUT2D eigenvalue weighted by molar-refractivity contribution is -0.323. The second kappa shape index (κ2) is 3.65. The molecule has 0 aromatic rings. The molecule has 18 heavy (non-hydrogen) atoms. The summed E-state index contributed by atoms with van der Waals surface area (Å²) >= 11 is 0. The van der Waals surface area contributed by atoms with Crippen LogP contribution in [0.2, 0.25) is 0 Å². The molecule has 6 nitrogen and oxygen atoms in total. The Labute approximate surface area is 106 Å². The molecule has 4 atom stereocenters. The first-order valence-corrected chi connectivity index (χ1v) is 6.25. The van der Waals surface area contributed by atoms with Crippen molar-refractivity contribution in [1.82, 2.24) is 0 Å². The molecule has 1 spiro atoms. The van der Waals surface area contributed by atoms with E-state index >= 15 is 0 Å². The van der Waals surface area contributed by atoms with Crippen LogP contribution in [0.15, 0.2) is 0 Å². The van der Waals surface area contributed by atoms with Crippen molar-refractivity contribution in [3.8, 4) is 0 Å². The van der Waals surface area contributed by atoms with E-state index in [1.54, 1.807) is 0 Å². The summed E-state index contributed by atoms with van der Waals surface area (Å²) in [6.07, 6.45) is -1.65. The average Bonchev–Trinajstić information content (AvgIpc) is 2.72. The van der Waals surface area contributed by atoms with Crippen molar-refractivity contribution >= 4 is 0 Å². The van der Waals surface area contributed by atoms with Gasteiger partial charge >= 0.3 is 0 Å². The first-order valence-electron chi connectivity index (χ1n) is 6.25. The third-order valence-electron chi connectivity index (χ3n) is 3.48. The van der Waals surface area contributed by atoms with Crippen LogP contribution in [0.5, 0.6) is 0 Å². The minimum Gasteiger partial charge on any atom is -0.388 e. The number of aliphatic hydroxyl groups excluding tert-OH is 1. The van der Waals surface area contributed by atoms with Crippen LogP contribution >= 0.6 is 0 Å². The van der Waals surface area contributed by atoms with Crippen molar-refractivity contribution in [1.29, 1.82) is 0 Å². The Balaban J connectivity index is 1.89. The smallest absolute Gasteiger partial charge is 0.224 e. The minimum atomic E-state index is -0.985. The Morgan fingerprint density at radius 2 is 1.72 bits per heavy atom. The van der Waals surface area contributed by atoms with Crippen molar-refractivity contribution in [2.75, 3.05) is 13.2 Å². The highest BCUT2D eigenvalue weighted by Crippen LogP contribution is 2.45. The number of ether oxygens (including phenoxy) is 5. The van der Waals surface area contributed by atoms with Gasteiger partial charge in [-0.3, -0.25) is 0 Å². The number of aliphatic hydroxyl groups is 1. The molecule has 0 saturated carbocycles. The van der Waals surface area contributed by atoms with Gasteiger partial charge < -0.3 is 28.8 Å². The summed E-state index contributed by atoms with van der Waals surface area (Å²) in [4.78, 5) is 0. The van der Waals surface area contributed by atoms with Gasteiger partial charge in [0.1, 0.15) is 24.9 Å². The van der Waals surface area contributed by atoms with E-state index < -0.39 is 35.7 Å². The molecule has 0 aliphatic carbocycles. The maximum Gasteiger partial charge on any atom is 0.224 e. The molecule has 0 amide bonds. The van der Waals surface area contributed by atoms with E-state index in [2.05, 4.69) is 0 Å². The van der Waals surface area contributed by atoms with Crippen LogP contribution < -0.4 is 0 Å². The molecule has 0 unspecified atom stereocenters. The van der Waals surface area contributed by atoms with Crippen molar-refractivity contribution in [2.24, 2.45) is 0 Å². The number of fused-ring (bicyclic) bond motifs is 2. The zero-order valence-corrected chi connectivity index (χ0v) is 11.1. The molecule has 3 aliphatic rings. The van der Waals surface area contributed by atoms with Gasteiger partial charge in [0, 0.05) is 0 Å². The Morgan fingerprint density at radius 3 is 2.33 bits per heavy atom. The van der Waals surface area contributed by atoms with Crippen molar-refractivity contribution < 1.29 is 28.8 Å². The van der Waals surface area contributed by atoms with Crippen molar-refractivity contribution in [3.05, 3.63) is 0 Å². The second-order valence-electron chi connectivity index (χ2n) is 6.00. The average molecular weight is 260 g/mol. The summed E-state index contributed by atoms with van der Waals surface area (Å²) in [6, 6.07) is 0. The molecule has 0 aromatic heterocycles. The molecule has 104 valence electrons. The molecule has 3 fully saturated rings. The molecule has 3 rings (SSSR count). The molecule has 0 bridgehead atoms. The lowest BCUT2D eigenvalue weighted by Crippen LogP contribution is -2.61. The largest absolute Gasteiger partial charge is 0.388 e. The zero-order valence-electron chi connectivity index (χ0n) is 11.1. The quantitative estimate of drug-likeness (QED) is 0.679. The van der Waals surface area contributed by atoms with Crippen LogP contribution in [0.4, 0.5) is 0 Å². The van der Waals surface area contributed by atoms with Gasteiger partial charge in [-0.25, -0.2) is 0 Å². The number of hydrogen-bond donors (Lipinski definition) is 1. The Kier molecular flexibility index (Phi) is 2.59. The van der Waals surface area contributed by atoms with Gasteiger partial charge in [0.15, 0.2) is 11.6 Å². The molecular formula is C12H20O6.